The molecule has 0 fully saturated rings. The lowest BCUT2D eigenvalue weighted by Crippen LogP contribution is -2.52. The van der Waals surface area contributed by atoms with Gasteiger partial charge in [0.2, 0.25) is 11.6 Å². The third-order valence-corrected chi connectivity index (χ3v) is 12.4. The molecule has 0 aliphatic carbocycles. The largest absolute Gasteiger partial charge is 0.451 e. The lowest BCUT2D eigenvalue weighted by Gasteiger charge is -2.36. The molecule has 6 heterocycles. The van der Waals surface area contributed by atoms with E-state index in [0.717, 1.165) is 52.4 Å². The molecule has 4 aliphatic rings. The van der Waals surface area contributed by atoms with Crippen molar-refractivity contribution in [2.24, 2.45) is 15.7 Å². The Labute approximate surface area is 454 Å². The number of benzene rings is 2. The molecule has 4 aromatic rings. The van der Waals surface area contributed by atoms with Crippen LogP contribution in [0.1, 0.15) is 77.4 Å². The van der Waals surface area contributed by atoms with Crippen molar-refractivity contribution in [1.82, 2.24) is 50.2 Å². The molecular formula is C50H69ClF6N14O2S2. The third kappa shape index (κ3) is 16.0. The number of urea groups is 2. The summed E-state index contributed by atoms with van der Waals surface area (Å²) in [6, 6.07) is 21.8. The van der Waals surface area contributed by atoms with Crippen LogP contribution in [0.4, 0.5) is 41.7 Å². The summed E-state index contributed by atoms with van der Waals surface area (Å²) in [5, 5.41) is 9.03. The fourth-order valence-electron chi connectivity index (χ4n) is 8.46. The fraction of sp³-hybridized carbons (Fsp3) is 0.440. The quantitative estimate of drug-likeness (QED) is 0.0931. The van der Waals surface area contributed by atoms with Crippen LogP contribution >= 0.6 is 38.6 Å². The molecule has 0 unspecified atom stereocenters. The summed E-state index contributed by atoms with van der Waals surface area (Å²) in [7, 11) is 7.91. The number of nitrogens with one attached hydrogen (secondary N) is 3. The molecule has 0 radical (unpaired) electrons. The number of hydrogen-bond acceptors (Lipinski definition) is 12. The lowest BCUT2D eigenvalue weighted by molar-refractivity contribution is -0.145. The Bertz CT molecular complexity index is 2690. The summed E-state index contributed by atoms with van der Waals surface area (Å²) in [4.78, 5) is 55.8. The summed E-state index contributed by atoms with van der Waals surface area (Å²) < 4.78 is 74.3. The monoisotopic (exact) mass is 1110 g/mol. The van der Waals surface area contributed by atoms with E-state index in [9.17, 15) is 35.9 Å². The molecule has 25 heteroatoms. The first-order valence-corrected chi connectivity index (χ1v) is 22.7. The van der Waals surface area contributed by atoms with Gasteiger partial charge in [-0.2, -0.15) is 53.3 Å². The van der Waals surface area contributed by atoms with E-state index in [-0.39, 0.29) is 89.0 Å². The van der Waals surface area contributed by atoms with Gasteiger partial charge >= 0.3 is 24.4 Å². The first-order valence-electron chi connectivity index (χ1n) is 22.4. The van der Waals surface area contributed by atoms with Crippen LogP contribution in [0.15, 0.2) is 117 Å². The molecule has 4 aliphatic heterocycles. The first kappa shape index (κ1) is 65.2. The zero-order valence-electron chi connectivity index (χ0n) is 41.5. The minimum Gasteiger partial charge on any atom is -0.384 e. The molecule has 2 aromatic carbocycles. The van der Waals surface area contributed by atoms with Gasteiger partial charge in [-0.15, -0.1) is 0 Å². The van der Waals surface area contributed by atoms with E-state index in [1.165, 1.54) is 12.1 Å². The average molecular weight is 1110 g/mol. The van der Waals surface area contributed by atoms with Crippen molar-refractivity contribution in [2.45, 2.75) is 78.1 Å². The van der Waals surface area contributed by atoms with E-state index in [0.29, 0.717) is 37.9 Å². The smallest absolute Gasteiger partial charge is 0.384 e. The Morgan fingerprint density at radius 1 is 0.667 bits per heavy atom. The van der Waals surface area contributed by atoms with Gasteiger partial charge in [-0.25, -0.2) is 29.5 Å². The van der Waals surface area contributed by atoms with Gasteiger partial charge in [0.15, 0.2) is 0 Å². The second-order valence-electron chi connectivity index (χ2n) is 18.5. The highest BCUT2D eigenvalue weighted by Crippen LogP contribution is 2.40. The Kier molecular flexibility index (Phi) is 23.2. The van der Waals surface area contributed by atoms with Crippen LogP contribution in [0, 0.1) is 0 Å². The minimum absolute atomic E-state index is 0. The van der Waals surface area contributed by atoms with Gasteiger partial charge in [0.1, 0.15) is 22.6 Å². The molecule has 0 bridgehead atoms. The van der Waals surface area contributed by atoms with Gasteiger partial charge in [-0.3, -0.25) is 9.98 Å². The van der Waals surface area contributed by atoms with Crippen LogP contribution in [0.3, 0.4) is 0 Å². The number of nitrogens with zero attached hydrogens (tertiary/aromatic N) is 10. The van der Waals surface area contributed by atoms with Crippen LogP contribution in [-0.2, 0) is 12.4 Å². The van der Waals surface area contributed by atoms with Crippen molar-refractivity contribution in [3.05, 3.63) is 135 Å². The number of amidine groups is 2. The fourth-order valence-corrected chi connectivity index (χ4v) is 8.60. The number of likely N-dealkylation sites (N-methyl/N-ethyl adjacent to an activating group) is 2. The highest BCUT2D eigenvalue weighted by atomic mass is 35.5. The van der Waals surface area contributed by atoms with Crippen LogP contribution < -0.4 is 21.7 Å². The van der Waals surface area contributed by atoms with Gasteiger partial charge < -0.3 is 41.3 Å². The van der Waals surface area contributed by atoms with Crippen molar-refractivity contribution >= 4 is 68.1 Å². The zero-order valence-corrected chi connectivity index (χ0v) is 44.2. The highest BCUT2D eigenvalue weighted by molar-refractivity contribution is 7.59. The molecule has 0 saturated heterocycles. The molecule has 4 amide bonds. The standard InChI is InChI=1S/C24H28F3N7O.C19H27N5O.C5H2ClF3N2.2CH4.2H2S/c1-23(2)17-12-29-20(31-19-10-11-28-21(32-19)24(25,26)27)16(17)13-34(23)22(35)30-18(14-33(3)4)15-8-6-5-7-9-15;1-19(2)15-10-21-17(20)14(15)11-24(19)18(25)22-16(12-23(3)4)13-8-6-5-7-9-13;6-3-1-2-10-4(11-3)5(7,8)9;;;;/h5-11,18H,12-14H2,1-4H3,(H,30,35)(H,28,29,31,32);5-9,16H,10-12H2,1-4H3,(H2,20,21)(H,22,25);1-2H;2*1H4;2*1H2/t18-;16-;;;;;/m11...../s1. The summed E-state index contributed by atoms with van der Waals surface area (Å²) in [5.74, 6) is -1.45. The second-order valence-corrected chi connectivity index (χ2v) is 18.9. The molecule has 0 spiro atoms. The maximum Gasteiger partial charge on any atom is 0.451 e. The number of rotatable bonds is 9. The molecule has 0 saturated carbocycles. The third-order valence-electron chi connectivity index (χ3n) is 12.2. The van der Waals surface area contributed by atoms with Crippen LogP contribution in [0.2, 0.25) is 5.15 Å². The van der Waals surface area contributed by atoms with Gasteiger partial charge in [0, 0.05) is 36.6 Å². The summed E-state index contributed by atoms with van der Waals surface area (Å²) in [5.41, 5.74) is 11.0. The Balaban J connectivity index is 0.000000421. The van der Waals surface area contributed by atoms with Crippen LogP contribution in [-0.4, -0.2) is 142 Å². The number of alkyl halides is 6. The second kappa shape index (κ2) is 26.7. The number of hydrogen-bond donors (Lipinski definition) is 4. The lowest BCUT2D eigenvalue weighted by atomic mass is 9.94. The Hall–Kier alpha value is -5.95. The van der Waals surface area contributed by atoms with Crippen molar-refractivity contribution < 1.29 is 35.9 Å². The SMILES string of the molecule is C.C.CN(C)C[C@@H](NC(=O)N1CC2=C(CN=C2N)C1(C)C)c1ccccc1.CN(C)C[C@@H](NC(=O)N1CC2=C(CN=C2Nc2ccnc(C(F)(F)F)n2)C1(C)C)c1ccccc1.FC(F)(F)c1nccc(Cl)n1.S.S. The Morgan fingerprint density at radius 3 is 1.49 bits per heavy atom. The first-order chi connectivity index (χ1) is 33.3. The van der Waals surface area contributed by atoms with E-state index in [4.69, 9.17) is 17.3 Å². The van der Waals surface area contributed by atoms with Gasteiger partial charge in [-0.05, 0) is 90.3 Å². The molecule has 2 atom stereocenters. The minimum atomic E-state index is -4.65. The molecular weight excluding hydrogens is 1040 g/mol. The number of aromatic nitrogens is 4. The maximum atomic E-state index is 13.4. The van der Waals surface area contributed by atoms with E-state index in [1.54, 1.807) is 4.90 Å². The zero-order chi connectivity index (χ0) is 52.1. The molecule has 2 aromatic heterocycles. The predicted octanol–water partition coefficient (Wildman–Crippen LogP) is 9.13. The van der Waals surface area contributed by atoms with Gasteiger partial charge in [0.25, 0.3) is 0 Å². The van der Waals surface area contributed by atoms with Crippen LogP contribution in [0.25, 0.3) is 0 Å². The molecule has 5 N–H and O–H groups in total. The number of anilines is 1. The van der Waals surface area contributed by atoms with Crippen LogP contribution in [0.5, 0.6) is 0 Å². The average Bonchev–Trinajstić information content (AvgIpc) is 4.03. The normalized spacial score (nSPS) is 16.7. The van der Waals surface area contributed by atoms with Crippen molar-refractivity contribution in [2.75, 3.05) is 72.8 Å². The molecule has 16 nitrogen and oxygen atoms in total. The van der Waals surface area contributed by atoms with E-state index in [2.05, 4.69) is 64.6 Å². The molecule has 8 rings (SSSR count). The number of amides is 4. The summed E-state index contributed by atoms with van der Waals surface area (Å²) >= 11 is 5.20. The number of aliphatic imine (C=N–C) groups is 2. The maximum absolute atomic E-state index is 13.4. The van der Waals surface area contributed by atoms with Crippen molar-refractivity contribution in [3.8, 4) is 0 Å². The van der Waals surface area contributed by atoms with Gasteiger partial charge in [0.05, 0.1) is 49.3 Å². The number of halogens is 7. The van der Waals surface area contributed by atoms with Crippen molar-refractivity contribution in [3.63, 3.8) is 0 Å². The summed E-state index contributed by atoms with van der Waals surface area (Å²) in [6.07, 6.45) is -7.16. The molecule has 412 valence electrons. The topological polar surface area (TPSA) is 185 Å². The van der Waals surface area contributed by atoms with E-state index < -0.39 is 29.5 Å². The van der Waals surface area contributed by atoms with E-state index in [1.807, 2.05) is 113 Å². The van der Waals surface area contributed by atoms with Gasteiger partial charge in [-0.1, -0.05) is 87.1 Å². The molecule has 75 heavy (non-hydrogen) atoms. The predicted molar refractivity (Wildman–Crippen MR) is 294 cm³/mol. The Morgan fingerprint density at radius 2 is 1.08 bits per heavy atom. The summed E-state index contributed by atoms with van der Waals surface area (Å²) in [6.45, 7) is 11.1. The highest BCUT2D eigenvalue weighted by Gasteiger charge is 2.47. The van der Waals surface area contributed by atoms with E-state index >= 15 is 0 Å². The number of carbonyl (C=O) groups is 2. The van der Waals surface area contributed by atoms with Crippen molar-refractivity contribution in [1.29, 1.82) is 0 Å². The number of nitrogens with two attached hydrogens (primary N) is 1. The number of carbonyl (C=O) groups excluding carboxylic acids is 2.